The highest BCUT2D eigenvalue weighted by atomic mass is 35.5. The number of halogens is 1. The summed E-state index contributed by atoms with van der Waals surface area (Å²) in [5, 5.41) is 0.711. The number of aldehydes is 1. The van der Waals surface area contributed by atoms with Crippen molar-refractivity contribution in [3.05, 3.63) is 59.0 Å². The van der Waals surface area contributed by atoms with Crippen LogP contribution in [0.4, 0.5) is 0 Å². The van der Waals surface area contributed by atoms with Crippen molar-refractivity contribution in [2.24, 2.45) is 5.92 Å². The van der Waals surface area contributed by atoms with Gasteiger partial charge in [-0.2, -0.15) is 0 Å². The number of allylic oxidation sites excluding steroid dienone is 7. The van der Waals surface area contributed by atoms with Crippen LogP contribution in [-0.2, 0) is 19.4 Å². The molecule has 146 valence electrons. The van der Waals surface area contributed by atoms with Crippen LogP contribution in [0.2, 0.25) is 0 Å². The molecule has 0 aromatic rings. The minimum atomic E-state index is -3.57. The first kappa shape index (κ1) is 24.6. The number of sulfone groups is 1. The van der Waals surface area contributed by atoms with Crippen LogP contribution in [-0.4, -0.2) is 34.2 Å². The molecule has 6 heteroatoms. The molecule has 1 unspecified atom stereocenters. The molecule has 0 heterocycles. The van der Waals surface area contributed by atoms with Gasteiger partial charge in [0.1, 0.15) is 6.29 Å². The van der Waals surface area contributed by atoms with Crippen molar-refractivity contribution in [1.82, 2.24) is 0 Å². The summed E-state index contributed by atoms with van der Waals surface area (Å²) in [5.74, 6) is -0.899. The number of hydrogen-bond donors (Lipinski definition) is 0. The molecule has 0 amide bonds. The number of ether oxygens (including phenoxy) is 1. The SMILES string of the molecule is C=C/C=C\C(=C)S(=O)(=O)CC(C=O)CC1=C(Cl)CCCC=C1.CCOC. The van der Waals surface area contributed by atoms with E-state index in [-0.39, 0.29) is 10.7 Å². The monoisotopic (exact) mass is 400 g/mol. The Balaban J connectivity index is 0.00000141. The Morgan fingerprint density at radius 3 is 2.65 bits per heavy atom. The summed E-state index contributed by atoms with van der Waals surface area (Å²) < 4.78 is 28.9. The molecule has 0 aliphatic heterocycles. The molecule has 4 nitrogen and oxygen atoms in total. The van der Waals surface area contributed by atoms with Gasteiger partial charge < -0.3 is 9.53 Å². The molecule has 1 atom stereocenters. The van der Waals surface area contributed by atoms with E-state index in [2.05, 4.69) is 17.9 Å². The van der Waals surface area contributed by atoms with Crippen LogP contribution >= 0.6 is 11.6 Å². The predicted molar refractivity (Wildman–Crippen MR) is 110 cm³/mol. The molecule has 0 fully saturated rings. The van der Waals surface area contributed by atoms with E-state index in [9.17, 15) is 13.2 Å². The summed E-state index contributed by atoms with van der Waals surface area (Å²) in [6.45, 7) is 9.79. The third-order valence-corrected chi connectivity index (χ3v) is 5.88. The Labute approximate surface area is 162 Å². The lowest BCUT2D eigenvalue weighted by Crippen LogP contribution is -2.18. The molecule has 0 radical (unpaired) electrons. The third-order valence-electron chi connectivity index (χ3n) is 3.65. The lowest BCUT2D eigenvalue weighted by atomic mass is 10.0. The largest absolute Gasteiger partial charge is 0.385 e. The van der Waals surface area contributed by atoms with Crippen LogP contribution in [0.25, 0.3) is 0 Å². The zero-order valence-corrected chi connectivity index (χ0v) is 17.2. The van der Waals surface area contributed by atoms with E-state index < -0.39 is 15.8 Å². The summed E-state index contributed by atoms with van der Waals surface area (Å²) >= 11 is 6.21. The smallest absolute Gasteiger partial charge is 0.178 e. The molecule has 0 aromatic heterocycles. The summed E-state index contributed by atoms with van der Waals surface area (Å²) in [4.78, 5) is 11.2. The van der Waals surface area contributed by atoms with E-state index in [1.807, 2.05) is 19.1 Å². The highest BCUT2D eigenvalue weighted by Gasteiger charge is 2.22. The van der Waals surface area contributed by atoms with E-state index in [1.54, 1.807) is 7.11 Å². The van der Waals surface area contributed by atoms with Crippen LogP contribution in [0, 0.1) is 5.92 Å². The standard InChI is InChI=1S/C17H21ClO3S.C3H8O/c1-3-4-8-14(2)22(20,21)13-15(12-19)11-16-9-6-5-7-10-17(16)18;1-3-4-2/h3-4,6,8-9,12,15H,1-2,5,7,10-11,13H2;3H2,1-2H3/b8-4-;. The number of methoxy groups -OCH3 is 1. The maximum Gasteiger partial charge on any atom is 0.178 e. The topological polar surface area (TPSA) is 60.4 Å². The van der Waals surface area contributed by atoms with Gasteiger partial charge in [0, 0.05) is 24.7 Å². The molecule has 0 aromatic carbocycles. The van der Waals surface area contributed by atoms with Gasteiger partial charge in [0.25, 0.3) is 0 Å². The summed E-state index contributed by atoms with van der Waals surface area (Å²) in [5.41, 5.74) is 0.846. The maximum atomic E-state index is 12.2. The van der Waals surface area contributed by atoms with Crippen molar-refractivity contribution in [3.8, 4) is 0 Å². The summed E-state index contributed by atoms with van der Waals surface area (Å²) in [7, 11) is -1.89. The van der Waals surface area contributed by atoms with Crippen molar-refractivity contribution in [2.45, 2.75) is 32.6 Å². The van der Waals surface area contributed by atoms with E-state index in [0.717, 1.165) is 31.4 Å². The molecule has 1 aliphatic rings. The van der Waals surface area contributed by atoms with Gasteiger partial charge >= 0.3 is 0 Å². The molecule has 26 heavy (non-hydrogen) atoms. The normalized spacial score (nSPS) is 15.8. The number of hydrogen-bond acceptors (Lipinski definition) is 4. The molecule has 0 saturated carbocycles. The van der Waals surface area contributed by atoms with Gasteiger partial charge in [-0.25, -0.2) is 8.42 Å². The van der Waals surface area contributed by atoms with Crippen LogP contribution < -0.4 is 0 Å². The minimum absolute atomic E-state index is 0.0178. The quantitative estimate of drug-likeness (QED) is 0.414. The van der Waals surface area contributed by atoms with Gasteiger partial charge in [0.15, 0.2) is 9.84 Å². The number of carbonyl (C=O) groups excluding carboxylic acids is 1. The molecule has 0 saturated heterocycles. The lowest BCUT2D eigenvalue weighted by Gasteiger charge is -2.13. The van der Waals surface area contributed by atoms with Gasteiger partial charge in [-0.3, -0.25) is 0 Å². The highest BCUT2D eigenvalue weighted by Crippen LogP contribution is 2.27. The van der Waals surface area contributed by atoms with Gasteiger partial charge in [-0.15, -0.1) is 0 Å². The van der Waals surface area contributed by atoms with Crippen LogP contribution in [0.5, 0.6) is 0 Å². The van der Waals surface area contributed by atoms with Crippen molar-refractivity contribution >= 4 is 27.7 Å². The summed E-state index contributed by atoms with van der Waals surface area (Å²) in [6.07, 6.45) is 11.9. The zero-order chi connectivity index (χ0) is 20.0. The average Bonchev–Trinajstić information content (AvgIpc) is 2.83. The second kappa shape index (κ2) is 13.7. The van der Waals surface area contributed by atoms with E-state index in [4.69, 9.17) is 11.6 Å². The minimum Gasteiger partial charge on any atom is -0.385 e. The van der Waals surface area contributed by atoms with Gasteiger partial charge in [-0.1, -0.05) is 49.1 Å². The Morgan fingerprint density at radius 1 is 1.46 bits per heavy atom. The second-order valence-electron chi connectivity index (χ2n) is 5.74. The first-order valence-corrected chi connectivity index (χ1v) is 10.5. The average molecular weight is 401 g/mol. The molecule has 0 bridgehead atoms. The third kappa shape index (κ3) is 9.90. The van der Waals surface area contributed by atoms with Gasteiger partial charge in [0.2, 0.25) is 0 Å². The van der Waals surface area contributed by atoms with E-state index >= 15 is 0 Å². The van der Waals surface area contributed by atoms with E-state index in [0.29, 0.717) is 17.7 Å². The second-order valence-corrected chi connectivity index (χ2v) is 8.29. The molecule has 0 N–H and O–H groups in total. The number of rotatable bonds is 9. The fourth-order valence-corrected chi connectivity index (χ4v) is 3.66. The van der Waals surface area contributed by atoms with Gasteiger partial charge in [0.05, 0.1) is 10.7 Å². The van der Waals surface area contributed by atoms with Crippen molar-refractivity contribution in [3.63, 3.8) is 0 Å². The first-order chi connectivity index (χ1) is 12.3. The van der Waals surface area contributed by atoms with Crippen molar-refractivity contribution in [2.75, 3.05) is 19.5 Å². The molecule has 1 aliphatic carbocycles. The van der Waals surface area contributed by atoms with Gasteiger partial charge in [-0.05, 0) is 44.3 Å². The summed E-state index contributed by atoms with van der Waals surface area (Å²) in [6, 6.07) is 0. The molecular weight excluding hydrogens is 372 g/mol. The lowest BCUT2D eigenvalue weighted by molar-refractivity contribution is -0.110. The molecular formula is C20H29ClO4S. The van der Waals surface area contributed by atoms with E-state index in [1.165, 1.54) is 18.2 Å². The molecule has 1 rings (SSSR count). The fraction of sp³-hybridized carbons (Fsp3) is 0.450. The predicted octanol–water partition coefficient (Wildman–Crippen LogP) is 4.75. The Kier molecular flexibility index (Phi) is 13.0. The van der Waals surface area contributed by atoms with Crippen LogP contribution in [0.3, 0.4) is 0 Å². The number of carbonyl (C=O) groups is 1. The van der Waals surface area contributed by atoms with Crippen molar-refractivity contribution in [1.29, 1.82) is 0 Å². The molecule has 0 spiro atoms. The Bertz CT molecular complexity index is 655. The Morgan fingerprint density at radius 2 is 2.12 bits per heavy atom. The Hall–Kier alpha value is -1.43. The highest BCUT2D eigenvalue weighted by molar-refractivity contribution is 7.95. The maximum absolute atomic E-state index is 12.2. The van der Waals surface area contributed by atoms with Crippen LogP contribution in [0.1, 0.15) is 32.6 Å². The van der Waals surface area contributed by atoms with Crippen molar-refractivity contribution < 1.29 is 17.9 Å². The zero-order valence-electron chi connectivity index (χ0n) is 15.6. The van der Waals surface area contributed by atoms with Crippen LogP contribution in [0.15, 0.2) is 59.0 Å². The first-order valence-electron chi connectivity index (χ1n) is 8.51. The fourth-order valence-electron chi connectivity index (χ4n) is 2.13.